The molecular formula is C13H23Cl. The summed E-state index contributed by atoms with van der Waals surface area (Å²) in [6.07, 6.45) is 0. The Labute approximate surface area is 94.3 Å². The molecule has 14 heavy (non-hydrogen) atoms. The Morgan fingerprint density at radius 2 is 1.36 bits per heavy atom. The Morgan fingerprint density at radius 3 is 1.57 bits per heavy atom. The van der Waals surface area contributed by atoms with Gasteiger partial charge in [-0.05, 0) is 24.5 Å². The first-order valence-electron chi connectivity index (χ1n) is 5.25. The second kappa shape index (κ2) is 10.6. The Kier molecular flexibility index (Phi) is 12.1. The molecule has 0 aliphatic carbocycles. The van der Waals surface area contributed by atoms with Crippen LogP contribution in [0.15, 0.2) is 24.3 Å². The van der Waals surface area contributed by atoms with Gasteiger partial charge in [0.05, 0.1) is 0 Å². The quantitative estimate of drug-likeness (QED) is 0.547. The third-order valence-corrected chi connectivity index (χ3v) is 1.50. The number of benzene rings is 1. The summed E-state index contributed by atoms with van der Waals surface area (Å²) in [4.78, 5) is 0. The van der Waals surface area contributed by atoms with Crippen LogP contribution in [-0.4, -0.2) is 0 Å². The SMILES string of the molecule is CC.CC(C)C.Cc1ccccc1Cl. The van der Waals surface area contributed by atoms with Crippen LogP contribution in [0.25, 0.3) is 0 Å². The van der Waals surface area contributed by atoms with Crippen LogP contribution in [0, 0.1) is 12.8 Å². The molecule has 1 aromatic rings. The van der Waals surface area contributed by atoms with Gasteiger partial charge in [0.1, 0.15) is 0 Å². The van der Waals surface area contributed by atoms with E-state index in [4.69, 9.17) is 11.6 Å². The molecular weight excluding hydrogens is 192 g/mol. The van der Waals surface area contributed by atoms with E-state index in [9.17, 15) is 0 Å². The van der Waals surface area contributed by atoms with Crippen molar-refractivity contribution in [2.45, 2.75) is 41.5 Å². The summed E-state index contributed by atoms with van der Waals surface area (Å²) in [5.41, 5.74) is 1.13. The van der Waals surface area contributed by atoms with Crippen LogP contribution in [-0.2, 0) is 0 Å². The van der Waals surface area contributed by atoms with Gasteiger partial charge in [-0.15, -0.1) is 0 Å². The summed E-state index contributed by atoms with van der Waals surface area (Å²) in [6, 6.07) is 7.77. The van der Waals surface area contributed by atoms with E-state index in [1.54, 1.807) is 0 Å². The van der Waals surface area contributed by atoms with Gasteiger partial charge < -0.3 is 0 Å². The van der Waals surface area contributed by atoms with E-state index in [1.165, 1.54) is 0 Å². The molecule has 0 saturated heterocycles. The second-order valence-electron chi connectivity index (χ2n) is 3.48. The van der Waals surface area contributed by atoms with Crippen LogP contribution in [0.1, 0.15) is 40.2 Å². The predicted molar refractivity (Wildman–Crippen MR) is 68.0 cm³/mol. The smallest absolute Gasteiger partial charge is 0.0435 e. The summed E-state index contributed by atoms with van der Waals surface area (Å²) in [5, 5.41) is 0.840. The molecule has 0 spiro atoms. The molecule has 0 amide bonds. The molecule has 0 aromatic heterocycles. The number of hydrogen-bond donors (Lipinski definition) is 0. The third kappa shape index (κ3) is 11.5. The summed E-state index contributed by atoms with van der Waals surface area (Å²) < 4.78 is 0. The zero-order valence-corrected chi connectivity index (χ0v) is 11.0. The van der Waals surface area contributed by atoms with Gasteiger partial charge in [-0.25, -0.2) is 0 Å². The van der Waals surface area contributed by atoms with Crippen molar-refractivity contribution in [1.29, 1.82) is 0 Å². The molecule has 82 valence electrons. The van der Waals surface area contributed by atoms with Crippen LogP contribution in [0.4, 0.5) is 0 Å². The lowest BCUT2D eigenvalue weighted by Gasteiger charge is -1.90. The molecule has 0 unspecified atom stereocenters. The van der Waals surface area contributed by atoms with Crippen molar-refractivity contribution in [2.75, 3.05) is 0 Å². The topological polar surface area (TPSA) is 0 Å². The van der Waals surface area contributed by atoms with E-state index in [2.05, 4.69) is 20.8 Å². The van der Waals surface area contributed by atoms with E-state index in [-0.39, 0.29) is 0 Å². The van der Waals surface area contributed by atoms with Gasteiger partial charge in [0, 0.05) is 5.02 Å². The Morgan fingerprint density at radius 1 is 1.00 bits per heavy atom. The predicted octanol–water partition coefficient (Wildman–Crippen LogP) is 5.34. The van der Waals surface area contributed by atoms with E-state index < -0.39 is 0 Å². The monoisotopic (exact) mass is 214 g/mol. The van der Waals surface area contributed by atoms with Crippen molar-refractivity contribution < 1.29 is 0 Å². The third-order valence-electron chi connectivity index (χ3n) is 1.08. The first-order valence-corrected chi connectivity index (χ1v) is 5.63. The average molecular weight is 215 g/mol. The lowest BCUT2D eigenvalue weighted by molar-refractivity contribution is 0.737. The number of aryl methyl sites for hydroxylation is 1. The number of halogens is 1. The van der Waals surface area contributed by atoms with Crippen molar-refractivity contribution in [2.24, 2.45) is 5.92 Å². The Bertz CT molecular complexity index is 192. The molecule has 0 radical (unpaired) electrons. The number of hydrogen-bond acceptors (Lipinski definition) is 0. The standard InChI is InChI=1S/C7H7Cl.C4H10.C2H6/c1-6-4-2-3-5-7(6)8;1-4(2)3;1-2/h2-5H,1H3;4H,1-3H3;1-2H3. The van der Waals surface area contributed by atoms with Crippen molar-refractivity contribution in [3.63, 3.8) is 0 Å². The zero-order valence-electron chi connectivity index (χ0n) is 10.3. The minimum absolute atomic E-state index is 0.833. The fourth-order valence-electron chi connectivity index (χ4n) is 0.551. The fourth-order valence-corrected chi connectivity index (χ4v) is 0.687. The fraction of sp³-hybridized carbons (Fsp3) is 0.538. The summed E-state index contributed by atoms with van der Waals surface area (Å²) in [6.45, 7) is 12.5. The lowest BCUT2D eigenvalue weighted by atomic mass is 10.2. The molecule has 1 rings (SSSR count). The summed E-state index contributed by atoms with van der Waals surface area (Å²) >= 11 is 5.71. The highest BCUT2D eigenvalue weighted by atomic mass is 35.5. The maximum Gasteiger partial charge on any atom is 0.0435 e. The van der Waals surface area contributed by atoms with Crippen LogP contribution in [0.5, 0.6) is 0 Å². The largest absolute Gasteiger partial charge is 0.0841 e. The second-order valence-corrected chi connectivity index (χ2v) is 3.89. The molecule has 1 aromatic carbocycles. The van der Waals surface area contributed by atoms with Gasteiger partial charge in [-0.3, -0.25) is 0 Å². The van der Waals surface area contributed by atoms with Gasteiger partial charge in [0.2, 0.25) is 0 Å². The van der Waals surface area contributed by atoms with Gasteiger partial charge in [0.15, 0.2) is 0 Å². The minimum Gasteiger partial charge on any atom is -0.0841 e. The molecule has 0 aliphatic rings. The highest BCUT2D eigenvalue weighted by Gasteiger charge is 1.86. The normalized spacial score (nSPS) is 8.29. The van der Waals surface area contributed by atoms with Gasteiger partial charge in [-0.1, -0.05) is 64.4 Å². The summed E-state index contributed by atoms with van der Waals surface area (Å²) in [7, 11) is 0. The van der Waals surface area contributed by atoms with Crippen molar-refractivity contribution in [3.05, 3.63) is 34.9 Å². The molecule has 0 atom stereocenters. The molecule has 1 heteroatoms. The Balaban J connectivity index is 0. The zero-order chi connectivity index (χ0) is 11.6. The van der Waals surface area contributed by atoms with Gasteiger partial charge >= 0.3 is 0 Å². The molecule has 0 nitrogen and oxygen atoms in total. The lowest BCUT2D eigenvalue weighted by Crippen LogP contribution is -1.68. The highest BCUT2D eigenvalue weighted by molar-refractivity contribution is 6.31. The highest BCUT2D eigenvalue weighted by Crippen LogP contribution is 2.11. The van der Waals surface area contributed by atoms with Crippen LogP contribution in [0.2, 0.25) is 5.02 Å². The van der Waals surface area contributed by atoms with Gasteiger partial charge in [0.25, 0.3) is 0 Å². The number of rotatable bonds is 0. The van der Waals surface area contributed by atoms with Crippen molar-refractivity contribution >= 4 is 11.6 Å². The van der Waals surface area contributed by atoms with Crippen LogP contribution >= 0.6 is 11.6 Å². The van der Waals surface area contributed by atoms with E-state index in [1.807, 2.05) is 45.0 Å². The minimum atomic E-state index is 0.833. The molecule has 0 aliphatic heterocycles. The first-order chi connectivity index (χ1) is 6.54. The van der Waals surface area contributed by atoms with Crippen LogP contribution < -0.4 is 0 Å². The molecule has 0 heterocycles. The van der Waals surface area contributed by atoms with Crippen molar-refractivity contribution in [1.82, 2.24) is 0 Å². The Hall–Kier alpha value is -0.490. The molecule has 0 bridgehead atoms. The summed E-state index contributed by atoms with van der Waals surface area (Å²) in [5.74, 6) is 0.833. The maximum atomic E-state index is 5.71. The van der Waals surface area contributed by atoms with E-state index in [0.29, 0.717) is 0 Å². The first kappa shape index (κ1) is 16.0. The van der Waals surface area contributed by atoms with E-state index in [0.717, 1.165) is 16.5 Å². The van der Waals surface area contributed by atoms with E-state index >= 15 is 0 Å². The molecule has 0 N–H and O–H groups in total. The van der Waals surface area contributed by atoms with Crippen LogP contribution in [0.3, 0.4) is 0 Å². The molecule has 0 fully saturated rings. The molecule has 0 saturated carbocycles. The maximum absolute atomic E-state index is 5.71. The van der Waals surface area contributed by atoms with Crippen molar-refractivity contribution in [3.8, 4) is 0 Å². The average Bonchev–Trinajstić information content (AvgIpc) is 2.13. The van der Waals surface area contributed by atoms with Gasteiger partial charge in [-0.2, -0.15) is 0 Å².